The van der Waals surface area contributed by atoms with Gasteiger partial charge in [-0.05, 0) is 48.7 Å². The lowest BCUT2D eigenvalue weighted by Gasteiger charge is -2.15. The zero-order valence-corrected chi connectivity index (χ0v) is 17.3. The molecule has 0 radical (unpaired) electrons. The molecule has 0 saturated heterocycles. The molecule has 6 heteroatoms. The fraction of sp³-hybridized carbons (Fsp3) is 0.350. The van der Waals surface area contributed by atoms with Gasteiger partial charge in [0.2, 0.25) is 5.91 Å². The van der Waals surface area contributed by atoms with Gasteiger partial charge in [0.05, 0.1) is 16.1 Å². The van der Waals surface area contributed by atoms with Crippen molar-refractivity contribution in [3.63, 3.8) is 0 Å². The van der Waals surface area contributed by atoms with Crippen LogP contribution in [0.4, 0.5) is 0 Å². The summed E-state index contributed by atoms with van der Waals surface area (Å²) in [7, 11) is 1.82. The predicted octanol–water partition coefficient (Wildman–Crippen LogP) is 5.13. The fourth-order valence-corrected chi connectivity index (χ4v) is 2.99. The van der Waals surface area contributed by atoms with E-state index in [1.807, 2.05) is 19.2 Å². The van der Waals surface area contributed by atoms with Crippen LogP contribution in [0, 0.1) is 0 Å². The molecule has 0 bridgehead atoms. The Bertz CT molecular complexity index is 705. The van der Waals surface area contributed by atoms with Gasteiger partial charge in [-0.2, -0.15) is 0 Å². The highest BCUT2D eigenvalue weighted by Gasteiger charge is 2.14. The van der Waals surface area contributed by atoms with E-state index < -0.39 is 0 Å². The molecule has 0 aliphatic carbocycles. The van der Waals surface area contributed by atoms with Crippen molar-refractivity contribution in [2.75, 3.05) is 13.6 Å². The topological polar surface area (TPSA) is 41.1 Å². The van der Waals surface area contributed by atoms with Crippen LogP contribution >= 0.6 is 35.6 Å². The minimum Gasteiger partial charge on any atom is -0.354 e. The van der Waals surface area contributed by atoms with Crippen molar-refractivity contribution in [3.8, 4) is 11.1 Å². The number of hydrogen-bond donors (Lipinski definition) is 2. The maximum atomic E-state index is 12.1. The number of rotatable bonds is 8. The van der Waals surface area contributed by atoms with Crippen molar-refractivity contribution in [2.45, 2.75) is 32.2 Å². The normalized spacial score (nSPS) is 11.5. The Morgan fingerprint density at radius 2 is 1.69 bits per heavy atom. The summed E-state index contributed by atoms with van der Waals surface area (Å²) in [5.41, 5.74) is 3.30. The van der Waals surface area contributed by atoms with E-state index in [0.29, 0.717) is 16.6 Å². The summed E-state index contributed by atoms with van der Waals surface area (Å²) in [4.78, 5) is 12.1. The Kier molecular flexibility index (Phi) is 10.0. The molecule has 0 aliphatic rings. The molecular formula is C20H25Cl3N2O. The highest BCUT2D eigenvalue weighted by molar-refractivity contribution is 6.42. The van der Waals surface area contributed by atoms with E-state index in [-0.39, 0.29) is 24.4 Å². The second-order valence-corrected chi connectivity index (χ2v) is 6.81. The third-order valence-corrected chi connectivity index (χ3v) is 4.90. The maximum Gasteiger partial charge on any atom is 0.237 e. The summed E-state index contributed by atoms with van der Waals surface area (Å²) in [6.07, 6.45) is 2.63. The number of likely N-dealkylation sites (N-methyl/N-ethyl adjacent to an activating group) is 1. The minimum absolute atomic E-state index is 0. The van der Waals surface area contributed by atoms with Crippen LogP contribution in [-0.4, -0.2) is 25.5 Å². The summed E-state index contributed by atoms with van der Waals surface area (Å²) < 4.78 is 0. The zero-order valence-electron chi connectivity index (χ0n) is 15.0. The summed E-state index contributed by atoms with van der Waals surface area (Å²) in [6.45, 7) is 2.71. The van der Waals surface area contributed by atoms with Crippen molar-refractivity contribution in [2.24, 2.45) is 0 Å². The highest BCUT2D eigenvalue weighted by atomic mass is 35.5. The number of amides is 1. The molecule has 2 aromatic carbocycles. The van der Waals surface area contributed by atoms with Crippen LogP contribution in [0.3, 0.4) is 0 Å². The van der Waals surface area contributed by atoms with Crippen LogP contribution in [0.25, 0.3) is 11.1 Å². The smallest absolute Gasteiger partial charge is 0.237 e. The molecule has 1 amide bonds. The maximum absolute atomic E-state index is 12.1. The monoisotopic (exact) mass is 414 g/mol. The Hall–Kier alpha value is -1.26. The molecule has 3 nitrogen and oxygen atoms in total. The first-order valence-electron chi connectivity index (χ1n) is 8.54. The molecule has 0 aliphatic heterocycles. The van der Waals surface area contributed by atoms with Crippen LogP contribution in [0.1, 0.15) is 25.3 Å². The van der Waals surface area contributed by atoms with Gasteiger partial charge >= 0.3 is 0 Å². The van der Waals surface area contributed by atoms with Crippen LogP contribution in [0.5, 0.6) is 0 Å². The highest BCUT2D eigenvalue weighted by Crippen LogP contribution is 2.28. The van der Waals surface area contributed by atoms with Gasteiger partial charge in [0.15, 0.2) is 0 Å². The third-order valence-electron chi connectivity index (χ3n) is 4.16. The molecule has 2 N–H and O–H groups in total. The van der Waals surface area contributed by atoms with Gasteiger partial charge in [-0.25, -0.2) is 0 Å². The summed E-state index contributed by atoms with van der Waals surface area (Å²) in [5, 5.41) is 7.16. The van der Waals surface area contributed by atoms with Gasteiger partial charge in [-0.3, -0.25) is 4.79 Å². The Morgan fingerprint density at radius 1 is 1.04 bits per heavy atom. The van der Waals surface area contributed by atoms with Crippen LogP contribution in [0.2, 0.25) is 10.0 Å². The van der Waals surface area contributed by atoms with Crippen molar-refractivity contribution in [3.05, 3.63) is 58.1 Å². The average molecular weight is 416 g/mol. The lowest BCUT2D eigenvalue weighted by Crippen LogP contribution is -2.43. The second-order valence-electron chi connectivity index (χ2n) is 6.00. The molecule has 2 aromatic rings. The predicted molar refractivity (Wildman–Crippen MR) is 114 cm³/mol. The van der Waals surface area contributed by atoms with Crippen molar-refractivity contribution >= 4 is 41.5 Å². The fourth-order valence-electron chi connectivity index (χ4n) is 2.69. The molecule has 1 atom stereocenters. The van der Waals surface area contributed by atoms with Gasteiger partial charge in [-0.1, -0.05) is 66.9 Å². The lowest BCUT2D eigenvalue weighted by atomic mass is 10.0. The quantitative estimate of drug-likeness (QED) is 0.627. The Labute approximate surface area is 171 Å². The number of hydrogen-bond acceptors (Lipinski definition) is 2. The van der Waals surface area contributed by atoms with Gasteiger partial charge in [-0.15, -0.1) is 12.4 Å². The average Bonchev–Trinajstić information content (AvgIpc) is 2.62. The van der Waals surface area contributed by atoms with Crippen LogP contribution < -0.4 is 10.6 Å². The molecular weight excluding hydrogens is 391 g/mol. The molecule has 142 valence electrons. The van der Waals surface area contributed by atoms with Gasteiger partial charge in [0.25, 0.3) is 0 Å². The van der Waals surface area contributed by atoms with E-state index in [4.69, 9.17) is 23.2 Å². The lowest BCUT2D eigenvalue weighted by molar-refractivity contribution is -0.123. The number of benzene rings is 2. The Balaban J connectivity index is 0.00000338. The molecule has 0 saturated carbocycles. The molecule has 26 heavy (non-hydrogen) atoms. The van der Waals surface area contributed by atoms with Gasteiger partial charge in [0.1, 0.15) is 0 Å². The summed E-state index contributed by atoms with van der Waals surface area (Å²) in [6, 6.07) is 13.8. The van der Waals surface area contributed by atoms with Crippen molar-refractivity contribution in [1.82, 2.24) is 10.6 Å². The zero-order chi connectivity index (χ0) is 18.2. The minimum atomic E-state index is -0.109. The largest absolute Gasteiger partial charge is 0.354 e. The number of carbonyl (C=O) groups excluding carboxylic acids is 1. The van der Waals surface area contributed by atoms with Gasteiger partial charge < -0.3 is 10.6 Å². The summed E-state index contributed by atoms with van der Waals surface area (Å²) >= 11 is 12.0. The van der Waals surface area contributed by atoms with Gasteiger partial charge in [0, 0.05) is 6.54 Å². The number of carbonyl (C=O) groups is 1. The third kappa shape index (κ3) is 6.48. The Morgan fingerprint density at radius 3 is 2.27 bits per heavy atom. The molecule has 0 aromatic heterocycles. The van der Waals surface area contributed by atoms with Crippen molar-refractivity contribution < 1.29 is 4.79 Å². The molecule has 2 rings (SSSR count). The van der Waals surface area contributed by atoms with Crippen LogP contribution in [-0.2, 0) is 11.2 Å². The first-order valence-corrected chi connectivity index (χ1v) is 9.30. The van der Waals surface area contributed by atoms with E-state index in [1.165, 1.54) is 5.56 Å². The first kappa shape index (κ1) is 22.8. The van der Waals surface area contributed by atoms with E-state index in [0.717, 1.165) is 30.4 Å². The van der Waals surface area contributed by atoms with E-state index in [9.17, 15) is 4.79 Å². The SMILES string of the molecule is CCC[C@H](NC)C(=O)NCCc1ccc(-c2ccc(Cl)c(Cl)c2)cc1.Cl. The van der Waals surface area contributed by atoms with Crippen LogP contribution in [0.15, 0.2) is 42.5 Å². The van der Waals surface area contributed by atoms with Crippen molar-refractivity contribution in [1.29, 1.82) is 0 Å². The first-order chi connectivity index (χ1) is 12.0. The summed E-state index contributed by atoms with van der Waals surface area (Å²) in [5.74, 6) is 0.0665. The molecule has 0 heterocycles. The molecule has 0 unspecified atom stereocenters. The number of nitrogens with one attached hydrogen (secondary N) is 2. The number of halogens is 3. The molecule has 0 spiro atoms. The second kappa shape index (κ2) is 11.5. The standard InChI is InChI=1S/C20H24Cl2N2O.ClH/c1-3-4-19(23-2)20(25)24-12-11-14-5-7-15(8-6-14)16-9-10-17(21)18(22)13-16;/h5-10,13,19,23H,3-4,11-12H2,1-2H3,(H,24,25);1H/t19-;/m0./s1. The van der Waals surface area contributed by atoms with E-state index in [2.05, 4.69) is 41.8 Å². The molecule has 0 fully saturated rings. The van der Waals surface area contributed by atoms with E-state index in [1.54, 1.807) is 6.07 Å². The van der Waals surface area contributed by atoms with E-state index >= 15 is 0 Å².